The van der Waals surface area contributed by atoms with Crippen molar-refractivity contribution in [3.05, 3.63) is 29.8 Å². The molecular weight excluding hydrogens is 224 g/mol. The molecule has 0 unspecified atom stereocenters. The average molecular weight is 248 g/mol. The molecule has 0 spiro atoms. The van der Waals surface area contributed by atoms with Crippen LogP contribution in [0, 0.1) is 5.92 Å². The molecule has 100 valence electrons. The summed E-state index contributed by atoms with van der Waals surface area (Å²) in [6.45, 7) is 5.19. The third-order valence-corrected chi connectivity index (χ3v) is 2.90. The molecule has 0 saturated carbocycles. The molecule has 1 amide bonds. The van der Waals surface area contributed by atoms with Crippen molar-refractivity contribution in [1.29, 1.82) is 0 Å². The number of nitrogens with two attached hydrogens (primary N) is 1. The third-order valence-electron chi connectivity index (χ3n) is 2.90. The lowest BCUT2D eigenvalue weighted by atomic mass is 10.1. The van der Waals surface area contributed by atoms with Crippen LogP contribution in [0.4, 0.5) is 5.69 Å². The van der Waals surface area contributed by atoms with Gasteiger partial charge in [0.2, 0.25) is 5.91 Å². The minimum Gasteiger partial charge on any atom is -0.399 e. The van der Waals surface area contributed by atoms with Crippen molar-refractivity contribution in [1.82, 2.24) is 5.32 Å². The van der Waals surface area contributed by atoms with E-state index in [9.17, 15) is 4.79 Å². The lowest BCUT2D eigenvalue weighted by Crippen LogP contribution is -2.24. The van der Waals surface area contributed by atoms with Crippen LogP contribution in [0.1, 0.15) is 38.7 Å². The summed E-state index contributed by atoms with van der Waals surface area (Å²) in [5.74, 6) is 0.840. The SMILES string of the molecule is CC(C)CCCNC(=O)CCc1ccc(N)cc1. The number of carbonyl (C=O) groups is 1. The summed E-state index contributed by atoms with van der Waals surface area (Å²) in [5.41, 5.74) is 7.52. The first-order valence-corrected chi connectivity index (χ1v) is 6.69. The number of hydrogen-bond acceptors (Lipinski definition) is 2. The highest BCUT2D eigenvalue weighted by molar-refractivity contribution is 5.76. The van der Waals surface area contributed by atoms with Gasteiger partial charge in [-0.2, -0.15) is 0 Å². The quantitative estimate of drug-likeness (QED) is 0.576. The lowest BCUT2D eigenvalue weighted by molar-refractivity contribution is -0.121. The van der Waals surface area contributed by atoms with Gasteiger partial charge in [-0.15, -0.1) is 0 Å². The van der Waals surface area contributed by atoms with E-state index in [1.54, 1.807) is 0 Å². The standard InChI is InChI=1S/C15H24N2O/c1-12(2)4-3-11-17-15(18)10-7-13-5-8-14(16)9-6-13/h5-6,8-9,12H,3-4,7,10-11,16H2,1-2H3,(H,17,18). The number of nitrogens with one attached hydrogen (secondary N) is 1. The van der Waals surface area contributed by atoms with Crippen molar-refractivity contribution < 1.29 is 4.79 Å². The number of rotatable bonds is 7. The van der Waals surface area contributed by atoms with Crippen LogP contribution in [0.15, 0.2) is 24.3 Å². The summed E-state index contributed by atoms with van der Waals surface area (Å²) in [7, 11) is 0. The second kappa shape index (κ2) is 7.75. The Morgan fingerprint density at radius 1 is 1.28 bits per heavy atom. The maximum absolute atomic E-state index is 11.6. The number of benzene rings is 1. The van der Waals surface area contributed by atoms with Gasteiger partial charge < -0.3 is 11.1 Å². The van der Waals surface area contributed by atoms with Crippen LogP contribution in [0.5, 0.6) is 0 Å². The van der Waals surface area contributed by atoms with E-state index in [0.717, 1.165) is 37.1 Å². The number of carbonyl (C=O) groups excluding carboxylic acids is 1. The number of hydrogen-bond donors (Lipinski definition) is 2. The summed E-state index contributed by atoms with van der Waals surface area (Å²) >= 11 is 0. The first-order chi connectivity index (χ1) is 8.58. The highest BCUT2D eigenvalue weighted by Crippen LogP contribution is 2.07. The molecule has 0 atom stereocenters. The summed E-state index contributed by atoms with van der Waals surface area (Å²) in [6.07, 6.45) is 3.55. The highest BCUT2D eigenvalue weighted by Gasteiger charge is 2.02. The van der Waals surface area contributed by atoms with Crippen LogP contribution in [0.2, 0.25) is 0 Å². The fourth-order valence-electron chi connectivity index (χ4n) is 1.77. The molecule has 3 nitrogen and oxygen atoms in total. The summed E-state index contributed by atoms with van der Waals surface area (Å²) in [4.78, 5) is 11.6. The molecule has 0 bridgehead atoms. The van der Waals surface area contributed by atoms with Gasteiger partial charge in [-0.3, -0.25) is 4.79 Å². The molecular formula is C15H24N2O. The fraction of sp³-hybridized carbons (Fsp3) is 0.533. The Morgan fingerprint density at radius 2 is 1.94 bits per heavy atom. The summed E-state index contributed by atoms with van der Waals surface area (Å²) in [5, 5.41) is 2.96. The Labute approximate surface area is 110 Å². The van der Waals surface area contributed by atoms with Gasteiger partial charge in [0.05, 0.1) is 0 Å². The van der Waals surface area contributed by atoms with Crippen molar-refractivity contribution in [2.75, 3.05) is 12.3 Å². The topological polar surface area (TPSA) is 55.1 Å². The molecule has 18 heavy (non-hydrogen) atoms. The monoisotopic (exact) mass is 248 g/mol. The van der Waals surface area contributed by atoms with Gasteiger partial charge in [-0.25, -0.2) is 0 Å². The third kappa shape index (κ3) is 6.28. The molecule has 1 rings (SSSR count). The normalized spacial score (nSPS) is 10.6. The van der Waals surface area contributed by atoms with Gasteiger partial charge in [0, 0.05) is 18.7 Å². The smallest absolute Gasteiger partial charge is 0.220 e. The molecule has 0 aromatic heterocycles. The van der Waals surface area contributed by atoms with Gasteiger partial charge in [0.25, 0.3) is 0 Å². The average Bonchev–Trinajstić information content (AvgIpc) is 2.34. The predicted octanol–water partition coefficient (Wildman–Crippen LogP) is 2.75. The molecule has 3 N–H and O–H groups in total. The zero-order valence-corrected chi connectivity index (χ0v) is 11.4. The maximum atomic E-state index is 11.6. The summed E-state index contributed by atoms with van der Waals surface area (Å²) in [6, 6.07) is 7.69. The number of aryl methyl sites for hydroxylation is 1. The minimum absolute atomic E-state index is 0.135. The van der Waals surface area contributed by atoms with E-state index in [2.05, 4.69) is 19.2 Å². The van der Waals surface area contributed by atoms with E-state index >= 15 is 0 Å². The first kappa shape index (κ1) is 14.6. The summed E-state index contributed by atoms with van der Waals surface area (Å²) < 4.78 is 0. The first-order valence-electron chi connectivity index (χ1n) is 6.69. The molecule has 3 heteroatoms. The molecule has 0 fully saturated rings. The van der Waals surface area contributed by atoms with Crippen LogP contribution in [-0.4, -0.2) is 12.5 Å². The predicted molar refractivity (Wildman–Crippen MR) is 76.3 cm³/mol. The van der Waals surface area contributed by atoms with Crippen LogP contribution in [0.3, 0.4) is 0 Å². The van der Waals surface area contributed by atoms with Crippen LogP contribution >= 0.6 is 0 Å². The second-order valence-electron chi connectivity index (χ2n) is 5.13. The zero-order valence-electron chi connectivity index (χ0n) is 11.4. The second-order valence-corrected chi connectivity index (χ2v) is 5.13. The molecule has 0 saturated heterocycles. The number of anilines is 1. The van der Waals surface area contributed by atoms with Gasteiger partial charge in [0.15, 0.2) is 0 Å². The van der Waals surface area contributed by atoms with E-state index in [1.165, 1.54) is 0 Å². The van der Waals surface area contributed by atoms with Gasteiger partial charge in [0.1, 0.15) is 0 Å². The van der Waals surface area contributed by atoms with E-state index in [-0.39, 0.29) is 5.91 Å². The lowest BCUT2D eigenvalue weighted by Gasteiger charge is -2.07. The number of amides is 1. The Bertz CT molecular complexity index is 357. The van der Waals surface area contributed by atoms with Crippen molar-refractivity contribution in [3.8, 4) is 0 Å². The van der Waals surface area contributed by atoms with E-state index in [1.807, 2.05) is 24.3 Å². The fourth-order valence-corrected chi connectivity index (χ4v) is 1.77. The molecule has 1 aromatic rings. The van der Waals surface area contributed by atoms with Crippen LogP contribution < -0.4 is 11.1 Å². The molecule has 0 aliphatic carbocycles. The Kier molecular flexibility index (Phi) is 6.26. The van der Waals surface area contributed by atoms with Crippen LogP contribution in [-0.2, 0) is 11.2 Å². The molecule has 0 aliphatic heterocycles. The van der Waals surface area contributed by atoms with E-state index < -0.39 is 0 Å². The molecule has 0 radical (unpaired) electrons. The Morgan fingerprint density at radius 3 is 2.56 bits per heavy atom. The van der Waals surface area contributed by atoms with E-state index in [0.29, 0.717) is 12.3 Å². The van der Waals surface area contributed by atoms with Crippen molar-refractivity contribution in [2.24, 2.45) is 5.92 Å². The largest absolute Gasteiger partial charge is 0.399 e. The van der Waals surface area contributed by atoms with Crippen molar-refractivity contribution in [2.45, 2.75) is 39.5 Å². The minimum atomic E-state index is 0.135. The van der Waals surface area contributed by atoms with Gasteiger partial charge in [-0.1, -0.05) is 26.0 Å². The van der Waals surface area contributed by atoms with E-state index in [4.69, 9.17) is 5.73 Å². The highest BCUT2D eigenvalue weighted by atomic mass is 16.1. The Hall–Kier alpha value is -1.51. The molecule has 0 heterocycles. The van der Waals surface area contributed by atoms with Crippen molar-refractivity contribution >= 4 is 11.6 Å². The van der Waals surface area contributed by atoms with Gasteiger partial charge in [-0.05, 0) is 42.9 Å². The maximum Gasteiger partial charge on any atom is 0.220 e. The Balaban J connectivity index is 2.15. The number of nitrogen functional groups attached to an aromatic ring is 1. The van der Waals surface area contributed by atoms with Gasteiger partial charge >= 0.3 is 0 Å². The van der Waals surface area contributed by atoms with Crippen molar-refractivity contribution in [3.63, 3.8) is 0 Å². The molecule has 0 aliphatic rings. The zero-order chi connectivity index (χ0) is 13.4. The van der Waals surface area contributed by atoms with Crippen LogP contribution in [0.25, 0.3) is 0 Å². The molecule has 1 aromatic carbocycles.